The largest absolute Gasteiger partial charge is 0.491 e. The molecule has 15 heteroatoms. The number of aromatic carboxylic acids is 1. The minimum atomic E-state index is -4.26. The maximum atomic E-state index is 15.3. The average molecular weight is 642 g/mol. The molecule has 0 aliphatic rings. The molecular formula is C28H21ClFN5O6S2. The predicted octanol–water partition coefficient (Wildman–Crippen LogP) is 4.67. The monoisotopic (exact) mass is 641 g/mol. The number of carbonyl (C=O) groups is 1. The van der Waals surface area contributed by atoms with E-state index in [2.05, 4.69) is 9.97 Å². The molecular weight excluding hydrogens is 621 g/mol. The van der Waals surface area contributed by atoms with Crippen molar-refractivity contribution in [3.05, 3.63) is 80.1 Å². The van der Waals surface area contributed by atoms with Crippen LogP contribution in [0.4, 0.5) is 4.39 Å². The van der Waals surface area contributed by atoms with E-state index in [0.29, 0.717) is 32.1 Å². The number of hydrogen-bond donors (Lipinski definition) is 1. The van der Waals surface area contributed by atoms with Crippen LogP contribution in [-0.2, 0) is 16.6 Å². The van der Waals surface area contributed by atoms with E-state index in [1.807, 2.05) is 0 Å². The van der Waals surface area contributed by atoms with Gasteiger partial charge in [0.05, 0.1) is 33.2 Å². The molecule has 1 N–H and O–H groups in total. The summed E-state index contributed by atoms with van der Waals surface area (Å²) in [6, 6.07) is 9.21. The highest BCUT2D eigenvalue weighted by atomic mass is 35.5. The number of carboxylic acid groups (broad SMARTS) is 1. The highest BCUT2D eigenvalue weighted by molar-refractivity contribution is 7.89. The van der Waals surface area contributed by atoms with Crippen molar-refractivity contribution in [2.24, 2.45) is 0 Å². The zero-order valence-corrected chi connectivity index (χ0v) is 25.1. The van der Waals surface area contributed by atoms with Crippen LogP contribution in [-0.4, -0.2) is 59.0 Å². The lowest BCUT2D eigenvalue weighted by Crippen LogP contribution is -2.28. The number of nitriles is 1. The topological polar surface area (TPSA) is 155 Å². The van der Waals surface area contributed by atoms with E-state index >= 15 is 4.39 Å². The van der Waals surface area contributed by atoms with Gasteiger partial charge in [-0.2, -0.15) is 5.26 Å². The number of halogens is 2. The zero-order valence-electron chi connectivity index (χ0n) is 22.8. The molecule has 3 heterocycles. The smallest absolute Gasteiger partial charge is 0.338 e. The Hall–Kier alpha value is -4.42. The molecule has 0 spiro atoms. The predicted molar refractivity (Wildman–Crippen MR) is 159 cm³/mol. The van der Waals surface area contributed by atoms with Gasteiger partial charge in [-0.1, -0.05) is 11.6 Å². The van der Waals surface area contributed by atoms with Crippen LogP contribution < -0.4 is 10.3 Å². The molecule has 11 nitrogen and oxygen atoms in total. The number of hydrogen-bond acceptors (Lipinski definition) is 9. The molecule has 5 aromatic rings. The number of carboxylic acids is 1. The van der Waals surface area contributed by atoms with Crippen molar-refractivity contribution in [3.63, 3.8) is 0 Å². The van der Waals surface area contributed by atoms with E-state index in [1.54, 1.807) is 30.3 Å². The molecule has 2 aromatic carbocycles. The van der Waals surface area contributed by atoms with Crippen molar-refractivity contribution in [3.8, 4) is 22.9 Å². The van der Waals surface area contributed by atoms with Gasteiger partial charge in [-0.3, -0.25) is 14.3 Å². The second kappa shape index (κ2) is 11.3. The Morgan fingerprint density at radius 3 is 2.67 bits per heavy atom. The normalized spacial score (nSPS) is 11.7. The average Bonchev–Trinajstić information content (AvgIpc) is 3.40. The van der Waals surface area contributed by atoms with Crippen molar-refractivity contribution in [2.45, 2.75) is 18.4 Å². The van der Waals surface area contributed by atoms with E-state index in [0.717, 1.165) is 10.4 Å². The maximum Gasteiger partial charge on any atom is 0.338 e. The lowest BCUT2D eigenvalue weighted by Gasteiger charge is -2.16. The van der Waals surface area contributed by atoms with Gasteiger partial charge in [-0.15, -0.1) is 11.3 Å². The fourth-order valence-corrected chi connectivity index (χ4v) is 6.76. The second-order valence-electron chi connectivity index (χ2n) is 9.45. The van der Waals surface area contributed by atoms with Crippen LogP contribution in [0.2, 0.25) is 5.02 Å². The number of fused-ring (bicyclic) bond motifs is 2. The Labute approximate surface area is 253 Å². The Morgan fingerprint density at radius 1 is 1.26 bits per heavy atom. The Morgan fingerprint density at radius 2 is 2.00 bits per heavy atom. The number of aromatic nitrogens is 3. The van der Waals surface area contributed by atoms with Gasteiger partial charge >= 0.3 is 5.97 Å². The number of rotatable bonds is 8. The summed E-state index contributed by atoms with van der Waals surface area (Å²) >= 11 is 7.51. The van der Waals surface area contributed by atoms with Crippen molar-refractivity contribution in [1.29, 1.82) is 5.26 Å². The van der Waals surface area contributed by atoms with Gasteiger partial charge in [-0.05, 0) is 37.3 Å². The van der Waals surface area contributed by atoms with Gasteiger partial charge in [0.25, 0.3) is 5.56 Å². The molecule has 5 rings (SSSR count). The minimum absolute atomic E-state index is 0.0478. The van der Waals surface area contributed by atoms with Crippen LogP contribution in [0.15, 0.2) is 51.6 Å². The summed E-state index contributed by atoms with van der Waals surface area (Å²) in [6.45, 7) is 1.42. The van der Waals surface area contributed by atoms with Crippen molar-refractivity contribution < 1.29 is 27.4 Å². The number of sulfonamides is 1. The highest BCUT2D eigenvalue weighted by Crippen LogP contribution is 2.39. The molecule has 0 radical (unpaired) electrons. The van der Waals surface area contributed by atoms with E-state index in [9.17, 15) is 28.4 Å². The molecule has 0 saturated heterocycles. The SMILES string of the molecule is Cc1nc2cc(S(=O)(=O)N(C)C)c(F)c(C#N)c2c(=O)n1CCOc1ccc(Cl)cc1-c1ccnc2c(C(=O)O)csc12. The van der Waals surface area contributed by atoms with Crippen molar-refractivity contribution >= 4 is 60.0 Å². The molecule has 0 amide bonds. The van der Waals surface area contributed by atoms with Gasteiger partial charge < -0.3 is 9.84 Å². The number of nitrogens with zero attached hydrogens (tertiary/aromatic N) is 5. The van der Waals surface area contributed by atoms with E-state index < -0.39 is 37.8 Å². The van der Waals surface area contributed by atoms with Gasteiger partial charge in [0.1, 0.15) is 34.7 Å². The van der Waals surface area contributed by atoms with Crippen LogP contribution in [0.5, 0.6) is 5.75 Å². The fraction of sp³-hybridized carbons (Fsp3) is 0.179. The van der Waals surface area contributed by atoms with E-state index in [1.165, 1.54) is 48.5 Å². The first-order valence-electron chi connectivity index (χ1n) is 12.4. The zero-order chi connectivity index (χ0) is 31.2. The third-order valence-electron chi connectivity index (χ3n) is 6.70. The van der Waals surface area contributed by atoms with Crippen molar-refractivity contribution in [1.82, 2.24) is 18.8 Å². The number of aryl methyl sites for hydroxylation is 1. The fourth-order valence-electron chi connectivity index (χ4n) is 4.58. The molecule has 0 fully saturated rings. The van der Waals surface area contributed by atoms with Gasteiger partial charge in [0, 0.05) is 41.8 Å². The summed E-state index contributed by atoms with van der Waals surface area (Å²) in [7, 11) is -1.82. The van der Waals surface area contributed by atoms with Crippen LogP contribution in [0.25, 0.3) is 32.2 Å². The molecule has 0 aliphatic heterocycles. The second-order valence-corrected chi connectivity index (χ2v) is 12.9. The molecule has 0 unspecified atom stereocenters. The van der Waals surface area contributed by atoms with E-state index in [-0.39, 0.29) is 35.4 Å². The quantitative estimate of drug-likeness (QED) is 0.254. The third-order valence-corrected chi connectivity index (χ3v) is 9.75. The summed E-state index contributed by atoms with van der Waals surface area (Å²) in [4.78, 5) is 32.9. The lowest BCUT2D eigenvalue weighted by atomic mass is 10.0. The molecule has 0 bridgehead atoms. The van der Waals surface area contributed by atoms with Gasteiger partial charge in [0.2, 0.25) is 10.0 Å². The van der Waals surface area contributed by atoms with Crippen LogP contribution in [0.1, 0.15) is 21.7 Å². The van der Waals surface area contributed by atoms with Crippen LogP contribution >= 0.6 is 22.9 Å². The Bertz CT molecular complexity index is 2170. The molecule has 3 aromatic heterocycles. The summed E-state index contributed by atoms with van der Waals surface area (Å²) in [5.41, 5.74) is 0.0420. The number of thiophene rings is 1. The summed E-state index contributed by atoms with van der Waals surface area (Å²) in [6.07, 6.45) is 1.49. The first-order valence-corrected chi connectivity index (χ1v) is 15.1. The lowest BCUT2D eigenvalue weighted by molar-refractivity contribution is 0.0699. The number of ether oxygens (including phenoxy) is 1. The Balaban J connectivity index is 1.52. The number of benzene rings is 2. The maximum absolute atomic E-state index is 15.3. The first-order chi connectivity index (χ1) is 20.4. The summed E-state index contributed by atoms with van der Waals surface area (Å²) < 4.78 is 49.2. The van der Waals surface area contributed by atoms with Crippen molar-refractivity contribution in [2.75, 3.05) is 20.7 Å². The minimum Gasteiger partial charge on any atom is -0.491 e. The molecule has 0 aliphatic carbocycles. The highest BCUT2D eigenvalue weighted by Gasteiger charge is 2.28. The summed E-state index contributed by atoms with van der Waals surface area (Å²) in [5.74, 6) is -1.85. The Kier molecular flexibility index (Phi) is 7.93. The van der Waals surface area contributed by atoms with Gasteiger partial charge in [-0.25, -0.2) is 26.9 Å². The molecule has 0 saturated carbocycles. The molecule has 0 atom stereocenters. The summed E-state index contributed by atoms with van der Waals surface area (Å²) in [5, 5.41) is 20.8. The van der Waals surface area contributed by atoms with Crippen LogP contribution in [0.3, 0.4) is 0 Å². The van der Waals surface area contributed by atoms with Crippen LogP contribution in [0, 0.1) is 24.1 Å². The van der Waals surface area contributed by atoms with E-state index in [4.69, 9.17) is 16.3 Å². The number of pyridine rings is 1. The molecule has 43 heavy (non-hydrogen) atoms. The standard InChI is InChI=1S/C28H21ClFN5O6S2/c1-14-33-20-11-22(43(39,40)34(2)3)24(30)18(12-31)23(20)27(36)35(14)8-9-41-21-5-4-15(29)10-17(21)16-6-7-32-25-19(28(37)38)13-42-26(16)25/h4-7,10-11,13H,8-9H2,1-3H3,(H,37,38). The van der Waals surface area contributed by atoms with Gasteiger partial charge in [0.15, 0.2) is 5.82 Å². The first kappa shape index (κ1) is 30.1. The third kappa shape index (κ3) is 5.21. The molecule has 220 valence electrons.